The first-order valence-electron chi connectivity index (χ1n) is 6.63. The third-order valence-electron chi connectivity index (χ3n) is 3.38. The van der Waals surface area contributed by atoms with E-state index in [2.05, 4.69) is 10.6 Å². The Labute approximate surface area is 116 Å². The molecule has 0 aliphatic carbocycles. The topological polar surface area (TPSA) is 98.7 Å². The summed E-state index contributed by atoms with van der Waals surface area (Å²) in [6, 6.07) is 3.88. The predicted octanol–water partition coefficient (Wildman–Crippen LogP) is 1.42. The van der Waals surface area contributed by atoms with Gasteiger partial charge in [-0.05, 0) is 50.0 Å². The van der Waals surface area contributed by atoms with Crippen LogP contribution in [0.3, 0.4) is 0 Å². The van der Waals surface area contributed by atoms with Gasteiger partial charge in [-0.2, -0.15) is 0 Å². The number of carbonyl (C=O) groups is 2. The van der Waals surface area contributed by atoms with Crippen LogP contribution in [0.15, 0.2) is 18.2 Å². The second kappa shape index (κ2) is 6.38. The fraction of sp³-hybridized carbons (Fsp3) is 0.429. The molecular weight excluding hydrogens is 260 g/mol. The van der Waals surface area contributed by atoms with Crippen molar-refractivity contribution in [3.05, 3.63) is 23.8 Å². The molecule has 2 rings (SSSR count). The molecule has 108 valence electrons. The number of aromatic hydroxyl groups is 1. The SMILES string of the molecule is O=C(CC1CCCNC1)Nc1ccc(O)cc1C(=O)O. The highest BCUT2D eigenvalue weighted by atomic mass is 16.4. The second-order valence-electron chi connectivity index (χ2n) is 5.00. The van der Waals surface area contributed by atoms with Crippen molar-refractivity contribution < 1.29 is 19.8 Å². The number of carboxylic acid groups (broad SMARTS) is 1. The van der Waals surface area contributed by atoms with Gasteiger partial charge in [0.25, 0.3) is 0 Å². The van der Waals surface area contributed by atoms with Gasteiger partial charge in [0.05, 0.1) is 11.3 Å². The van der Waals surface area contributed by atoms with Gasteiger partial charge in [-0.1, -0.05) is 0 Å². The Kier molecular flexibility index (Phi) is 4.57. The van der Waals surface area contributed by atoms with Gasteiger partial charge in [0, 0.05) is 6.42 Å². The summed E-state index contributed by atoms with van der Waals surface area (Å²) in [5, 5.41) is 24.2. The quantitative estimate of drug-likeness (QED) is 0.624. The molecule has 0 bridgehead atoms. The average molecular weight is 278 g/mol. The molecule has 1 aliphatic heterocycles. The number of carboxylic acids is 1. The molecule has 6 heteroatoms. The summed E-state index contributed by atoms with van der Waals surface area (Å²) in [7, 11) is 0. The van der Waals surface area contributed by atoms with Gasteiger partial charge in [0.2, 0.25) is 5.91 Å². The number of nitrogens with one attached hydrogen (secondary N) is 2. The molecule has 0 saturated carbocycles. The normalized spacial score (nSPS) is 18.5. The van der Waals surface area contributed by atoms with Gasteiger partial charge in [-0.15, -0.1) is 0 Å². The number of piperidine rings is 1. The molecular formula is C14H18N2O4. The number of aromatic carboxylic acids is 1. The summed E-state index contributed by atoms with van der Waals surface area (Å²) in [5.74, 6) is -1.24. The monoisotopic (exact) mass is 278 g/mol. The Morgan fingerprint density at radius 2 is 2.20 bits per heavy atom. The molecule has 1 amide bonds. The van der Waals surface area contributed by atoms with E-state index in [1.54, 1.807) is 0 Å². The summed E-state index contributed by atoms with van der Waals surface area (Å²) in [4.78, 5) is 23.0. The average Bonchev–Trinajstić information content (AvgIpc) is 2.41. The van der Waals surface area contributed by atoms with Crippen molar-refractivity contribution in [2.45, 2.75) is 19.3 Å². The van der Waals surface area contributed by atoms with Crippen molar-refractivity contribution in [1.29, 1.82) is 0 Å². The van der Waals surface area contributed by atoms with E-state index in [1.165, 1.54) is 12.1 Å². The van der Waals surface area contributed by atoms with Crippen LogP contribution in [0.4, 0.5) is 5.69 Å². The number of phenolic OH excluding ortho intramolecular Hbond substituents is 1. The molecule has 6 nitrogen and oxygen atoms in total. The number of amides is 1. The van der Waals surface area contributed by atoms with Crippen molar-refractivity contribution in [3.8, 4) is 5.75 Å². The van der Waals surface area contributed by atoms with Crippen molar-refractivity contribution in [2.75, 3.05) is 18.4 Å². The minimum atomic E-state index is -1.18. The lowest BCUT2D eigenvalue weighted by molar-refractivity contribution is -0.117. The number of anilines is 1. The number of hydrogen-bond acceptors (Lipinski definition) is 4. The molecule has 4 N–H and O–H groups in total. The van der Waals surface area contributed by atoms with Crippen LogP contribution in [-0.4, -0.2) is 35.2 Å². The Morgan fingerprint density at radius 3 is 2.85 bits per heavy atom. The van der Waals surface area contributed by atoms with Gasteiger partial charge in [-0.3, -0.25) is 4.79 Å². The van der Waals surface area contributed by atoms with Crippen LogP contribution in [0, 0.1) is 5.92 Å². The van der Waals surface area contributed by atoms with E-state index >= 15 is 0 Å². The lowest BCUT2D eigenvalue weighted by atomic mass is 9.96. The van der Waals surface area contributed by atoms with Gasteiger partial charge in [0.1, 0.15) is 5.75 Å². The first kappa shape index (κ1) is 14.3. The van der Waals surface area contributed by atoms with Gasteiger partial charge in [-0.25, -0.2) is 4.79 Å². The molecule has 1 fully saturated rings. The van der Waals surface area contributed by atoms with Crippen molar-refractivity contribution in [3.63, 3.8) is 0 Å². The van der Waals surface area contributed by atoms with Gasteiger partial charge < -0.3 is 20.8 Å². The Morgan fingerprint density at radius 1 is 1.40 bits per heavy atom. The lowest BCUT2D eigenvalue weighted by Crippen LogP contribution is -2.32. The maximum absolute atomic E-state index is 11.9. The smallest absolute Gasteiger partial charge is 0.337 e. The van der Waals surface area contributed by atoms with Crippen LogP contribution in [0.25, 0.3) is 0 Å². The molecule has 1 atom stereocenters. The highest BCUT2D eigenvalue weighted by molar-refractivity contribution is 6.00. The highest BCUT2D eigenvalue weighted by Gasteiger charge is 2.18. The standard InChI is InChI=1S/C14H18N2O4/c17-10-3-4-12(11(7-10)14(19)20)16-13(18)6-9-2-1-5-15-8-9/h3-4,7,9,15,17H,1-2,5-6,8H2,(H,16,18)(H,19,20). The van der Waals surface area contributed by atoms with Crippen LogP contribution in [0.2, 0.25) is 0 Å². The molecule has 1 aliphatic rings. The third kappa shape index (κ3) is 3.71. The van der Waals surface area contributed by atoms with E-state index < -0.39 is 5.97 Å². The minimum absolute atomic E-state index is 0.111. The number of rotatable bonds is 4. The summed E-state index contributed by atoms with van der Waals surface area (Å²) < 4.78 is 0. The van der Waals surface area contributed by atoms with Crippen molar-refractivity contribution in [2.24, 2.45) is 5.92 Å². The lowest BCUT2D eigenvalue weighted by Gasteiger charge is -2.22. The van der Waals surface area contributed by atoms with Crippen molar-refractivity contribution in [1.82, 2.24) is 5.32 Å². The molecule has 20 heavy (non-hydrogen) atoms. The van der Waals surface area contributed by atoms with E-state index in [-0.39, 0.29) is 28.8 Å². The number of benzene rings is 1. The third-order valence-corrected chi connectivity index (χ3v) is 3.38. The fourth-order valence-electron chi connectivity index (χ4n) is 2.38. The van der Waals surface area contributed by atoms with Gasteiger partial charge >= 0.3 is 5.97 Å². The van der Waals surface area contributed by atoms with Crippen LogP contribution >= 0.6 is 0 Å². The van der Waals surface area contributed by atoms with Crippen LogP contribution < -0.4 is 10.6 Å². The first-order valence-corrected chi connectivity index (χ1v) is 6.63. The molecule has 1 aromatic rings. The minimum Gasteiger partial charge on any atom is -0.508 e. The fourth-order valence-corrected chi connectivity index (χ4v) is 2.38. The van der Waals surface area contributed by atoms with E-state index in [0.717, 1.165) is 32.0 Å². The largest absolute Gasteiger partial charge is 0.508 e. The van der Waals surface area contributed by atoms with Crippen LogP contribution in [0.1, 0.15) is 29.6 Å². The maximum Gasteiger partial charge on any atom is 0.337 e. The molecule has 1 unspecified atom stereocenters. The maximum atomic E-state index is 11.9. The van der Waals surface area contributed by atoms with E-state index in [4.69, 9.17) is 5.11 Å². The summed E-state index contributed by atoms with van der Waals surface area (Å²) >= 11 is 0. The summed E-state index contributed by atoms with van der Waals surface area (Å²) in [5.41, 5.74) is 0.101. The van der Waals surface area contributed by atoms with E-state index in [0.29, 0.717) is 6.42 Å². The Balaban J connectivity index is 2.01. The summed E-state index contributed by atoms with van der Waals surface area (Å²) in [6.45, 7) is 1.80. The number of hydrogen-bond donors (Lipinski definition) is 4. The second-order valence-corrected chi connectivity index (χ2v) is 5.00. The van der Waals surface area contributed by atoms with Gasteiger partial charge in [0.15, 0.2) is 0 Å². The zero-order valence-corrected chi connectivity index (χ0v) is 11.1. The number of carbonyl (C=O) groups excluding carboxylic acids is 1. The zero-order valence-electron chi connectivity index (χ0n) is 11.1. The molecule has 1 aromatic carbocycles. The molecule has 1 saturated heterocycles. The van der Waals surface area contributed by atoms with Crippen molar-refractivity contribution >= 4 is 17.6 Å². The predicted molar refractivity (Wildman–Crippen MR) is 73.9 cm³/mol. The molecule has 1 heterocycles. The molecule has 0 spiro atoms. The first-order chi connectivity index (χ1) is 9.56. The van der Waals surface area contributed by atoms with Crippen LogP contribution in [-0.2, 0) is 4.79 Å². The molecule has 0 radical (unpaired) electrons. The summed E-state index contributed by atoms with van der Waals surface area (Å²) in [6.07, 6.45) is 2.42. The van der Waals surface area contributed by atoms with Crippen LogP contribution in [0.5, 0.6) is 5.75 Å². The zero-order chi connectivity index (χ0) is 14.5. The van der Waals surface area contributed by atoms with E-state index in [9.17, 15) is 14.7 Å². The van der Waals surface area contributed by atoms with E-state index in [1.807, 2.05) is 0 Å². The Hall–Kier alpha value is -2.08. The Bertz CT molecular complexity index is 510. The number of phenols is 1. The molecule has 0 aromatic heterocycles. The highest BCUT2D eigenvalue weighted by Crippen LogP contribution is 2.22.